The quantitative estimate of drug-likeness (QED) is 0.497. The highest BCUT2D eigenvalue weighted by Gasteiger charge is 2.56. The zero-order valence-corrected chi connectivity index (χ0v) is 6.73. The van der Waals surface area contributed by atoms with Crippen LogP contribution in [0.25, 0.3) is 0 Å². The van der Waals surface area contributed by atoms with Crippen molar-refractivity contribution in [1.82, 2.24) is 0 Å². The SMILES string of the molecule is O=S1(=O)C2CCCCCC21. The van der Waals surface area contributed by atoms with Gasteiger partial charge in [0.15, 0.2) is 9.84 Å². The molecule has 2 atom stereocenters. The van der Waals surface area contributed by atoms with Crippen LogP contribution in [0.3, 0.4) is 0 Å². The summed E-state index contributed by atoms with van der Waals surface area (Å²) in [6, 6.07) is 0. The summed E-state index contributed by atoms with van der Waals surface area (Å²) < 4.78 is 22.1. The molecule has 2 unspecified atom stereocenters. The molecule has 0 spiro atoms. The summed E-state index contributed by atoms with van der Waals surface area (Å²) in [6.45, 7) is 0. The third-order valence-corrected chi connectivity index (χ3v) is 5.16. The molecule has 0 amide bonds. The average molecular weight is 160 g/mol. The van der Waals surface area contributed by atoms with Gasteiger partial charge >= 0.3 is 0 Å². The van der Waals surface area contributed by atoms with Gasteiger partial charge in [0.2, 0.25) is 0 Å². The lowest BCUT2D eigenvalue weighted by molar-refractivity contribution is 0.601. The monoisotopic (exact) mass is 160 g/mol. The molecule has 0 aromatic rings. The summed E-state index contributed by atoms with van der Waals surface area (Å²) in [5, 5.41) is 0.157. The molecule has 0 aromatic carbocycles. The van der Waals surface area contributed by atoms with E-state index < -0.39 is 9.84 Å². The Balaban J connectivity index is 2.15. The maximum Gasteiger partial charge on any atom is 0.158 e. The first-order chi connectivity index (χ1) is 4.73. The van der Waals surface area contributed by atoms with Crippen LogP contribution in [0.5, 0.6) is 0 Å². The van der Waals surface area contributed by atoms with Crippen LogP contribution >= 0.6 is 0 Å². The van der Waals surface area contributed by atoms with Crippen molar-refractivity contribution >= 4 is 9.84 Å². The number of sulfone groups is 1. The molecule has 1 saturated carbocycles. The van der Waals surface area contributed by atoms with Gasteiger partial charge in [0.1, 0.15) is 0 Å². The molecule has 1 aliphatic heterocycles. The lowest BCUT2D eigenvalue weighted by Crippen LogP contribution is -1.87. The molecule has 2 fully saturated rings. The van der Waals surface area contributed by atoms with Crippen LogP contribution in [0.2, 0.25) is 0 Å². The minimum Gasteiger partial charge on any atom is -0.228 e. The Morgan fingerprint density at radius 1 is 0.900 bits per heavy atom. The van der Waals surface area contributed by atoms with Gasteiger partial charge in [-0.25, -0.2) is 8.42 Å². The highest BCUT2D eigenvalue weighted by atomic mass is 32.2. The molecule has 2 aliphatic rings. The standard InChI is InChI=1S/C7H12O2S/c8-10(9)6-4-2-1-3-5-7(6)10/h6-7H,1-5H2. The summed E-state index contributed by atoms with van der Waals surface area (Å²) in [5.41, 5.74) is 0. The van der Waals surface area contributed by atoms with E-state index in [1.807, 2.05) is 0 Å². The molecule has 0 N–H and O–H groups in total. The van der Waals surface area contributed by atoms with Crippen LogP contribution < -0.4 is 0 Å². The van der Waals surface area contributed by atoms with Gasteiger partial charge in [-0.1, -0.05) is 19.3 Å². The van der Waals surface area contributed by atoms with E-state index in [4.69, 9.17) is 0 Å². The predicted octanol–water partition coefficient (Wildman–Crippen LogP) is 1.12. The summed E-state index contributed by atoms with van der Waals surface area (Å²) in [4.78, 5) is 0. The van der Waals surface area contributed by atoms with Crippen LogP contribution in [0, 0.1) is 0 Å². The smallest absolute Gasteiger partial charge is 0.158 e. The molecule has 2 nitrogen and oxygen atoms in total. The Morgan fingerprint density at radius 2 is 1.40 bits per heavy atom. The van der Waals surface area contributed by atoms with E-state index in [9.17, 15) is 8.42 Å². The Labute approximate surface area is 61.5 Å². The number of rotatable bonds is 0. The molecular formula is C7H12O2S. The third-order valence-electron chi connectivity index (χ3n) is 2.66. The van der Waals surface area contributed by atoms with Crippen molar-refractivity contribution in [2.75, 3.05) is 0 Å². The topological polar surface area (TPSA) is 34.1 Å². The zero-order valence-electron chi connectivity index (χ0n) is 5.91. The second kappa shape index (κ2) is 1.97. The minimum atomic E-state index is -2.56. The van der Waals surface area contributed by atoms with Gasteiger partial charge in [0.25, 0.3) is 0 Å². The van der Waals surface area contributed by atoms with E-state index in [0.29, 0.717) is 0 Å². The van der Waals surface area contributed by atoms with Gasteiger partial charge in [-0.3, -0.25) is 0 Å². The Hall–Kier alpha value is -0.0500. The molecule has 0 bridgehead atoms. The fraction of sp³-hybridized carbons (Fsp3) is 1.00. The van der Waals surface area contributed by atoms with Crippen molar-refractivity contribution in [3.8, 4) is 0 Å². The van der Waals surface area contributed by atoms with Gasteiger partial charge in [-0.15, -0.1) is 0 Å². The Morgan fingerprint density at radius 3 is 1.90 bits per heavy atom. The van der Waals surface area contributed by atoms with E-state index in [0.717, 1.165) is 25.7 Å². The predicted molar refractivity (Wildman–Crippen MR) is 39.6 cm³/mol. The Kier molecular flexibility index (Phi) is 1.31. The van der Waals surface area contributed by atoms with Crippen LogP contribution in [-0.4, -0.2) is 18.9 Å². The first kappa shape index (κ1) is 6.65. The first-order valence-corrected chi connectivity index (χ1v) is 5.56. The average Bonchev–Trinajstić information content (AvgIpc) is 2.47. The molecule has 1 heterocycles. The van der Waals surface area contributed by atoms with Crippen molar-refractivity contribution in [2.45, 2.75) is 42.6 Å². The minimum absolute atomic E-state index is 0.0787. The van der Waals surface area contributed by atoms with Gasteiger partial charge in [-0.2, -0.15) is 0 Å². The maximum atomic E-state index is 11.1. The van der Waals surface area contributed by atoms with E-state index in [2.05, 4.69) is 0 Å². The number of hydrogen-bond donors (Lipinski definition) is 0. The van der Waals surface area contributed by atoms with E-state index in [1.165, 1.54) is 6.42 Å². The van der Waals surface area contributed by atoms with Crippen molar-refractivity contribution in [1.29, 1.82) is 0 Å². The maximum absolute atomic E-state index is 11.1. The fourth-order valence-corrected chi connectivity index (χ4v) is 4.25. The molecule has 2 rings (SSSR count). The molecule has 1 aliphatic carbocycles. The second-order valence-electron chi connectivity index (χ2n) is 3.30. The van der Waals surface area contributed by atoms with Gasteiger partial charge < -0.3 is 0 Å². The molecule has 1 saturated heterocycles. The van der Waals surface area contributed by atoms with E-state index in [1.54, 1.807) is 0 Å². The van der Waals surface area contributed by atoms with Gasteiger partial charge in [0.05, 0.1) is 10.5 Å². The van der Waals surface area contributed by atoms with Crippen LogP contribution in [0.1, 0.15) is 32.1 Å². The highest BCUT2D eigenvalue weighted by molar-refractivity contribution is 7.99. The molecule has 10 heavy (non-hydrogen) atoms. The molecule has 3 heteroatoms. The fourth-order valence-electron chi connectivity index (χ4n) is 1.95. The Bertz CT molecular complexity index is 212. The van der Waals surface area contributed by atoms with Crippen LogP contribution in [0.15, 0.2) is 0 Å². The first-order valence-electron chi connectivity index (χ1n) is 3.95. The number of hydrogen-bond acceptors (Lipinski definition) is 2. The van der Waals surface area contributed by atoms with E-state index >= 15 is 0 Å². The summed E-state index contributed by atoms with van der Waals surface area (Å²) in [7, 11) is -2.56. The van der Waals surface area contributed by atoms with Crippen LogP contribution in [0.4, 0.5) is 0 Å². The van der Waals surface area contributed by atoms with Crippen LogP contribution in [-0.2, 0) is 9.84 Å². The molecule has 0 aromatic heterocycles. The second-order valence-corrected chi connectivity index (χ2v) is 5.69. The molecule has 58 valence electrons. The lowest BCUT2D eigenvalue weighted by atomic mass is 10.2. The highest BCUT2D eigenvalue weighted by Crippen LogP contribution is 2.42. The third kappa shape index (κ3) is 0.797. The van der Waals surface area contributed by atoms with E-state index in [-0.39, 0.29) is 10.5 Å². The van der Waals surface area contributed by atoms with Gasteiger partial charge in [-0.05, 0) is 12.8 Å². The summed E-state index contributed by atoms with van der Waals surface area (Å²) in [5.74, 6) is 0. The summed E-state index contributed by atoms with van der Waals surface area (Å²) in [6.07, 6.45) is 5.36. The van der Waals surface area contributed by atoms with Gasteiger partial charge in [0, 0.05) is 0 Å². The zero-order chi connectivity index (χ0) is 7.19. The largest absolute Gasteiger partial charge is 0.228 e. The molecule has 0 radical (unpaired) electrons. The summed E-state index contributed by atoms with van der Waals surface area (Å²) >= 11 is 0. The van der Waals surface area contributed by atoms with Crippen molar-refractivity contribution in [3.05, 3.63) is 0 Å². The lowest BCUT2D eigenvalue weighted by Gasteiger charge is -1.91. The number of fused-ring (bicyclic) bond motifs is 1. The van der Waals surface area contributed by atoms with Crippen molar-refractivity contribution in [2.24, 2.45) is 0 Å². The van der Waals surface area contributed by atoms with Crippen molar-refractivity contribution < 1.29 is 8.42 Å². The normalized spacial score (nSPS) is 43.6. The molecular weight excluding hydrogens is 148 g/mol. The van der Waals surface area contributed by atoms with Crippen molar-refractivity contribution in [3.63, 3.8) is 0 Å².